The second-order valence-electron chi connectivity index (χ2n) is 5.84. The molecule has 0 radical (unpaired) electrons. The van der Waals surface area contributed by atoms with Crippen molar-refractivity contribution in [3.63, 3.8) is 0 Å². The molecular formula is C18H17N3O5S3. The van der Waals surface area contributed by atoms with Crippen LogP contribution < -0.4 is 9.94 Å². The number of thioether (sulfide) groups is 1. The summed E-state index contributed by atoms with van der Waals surface area (Å²) in [6, 6.07) is 11.3. The molecule has 0 unspecified atom stereocenters. The molecule has 1 heterocycles. The van der Waals surface area contributed by atoms with E-state index in [-0.39, 0.29) is 16.2 Å². The first-order valence-electron chi connectivity index (χ1n) is 8.19. The van der Waals surface area contributed by atoms with E-state index >= 15 is 0 Å². The second-order valence-corrected chi connectivity index (χ2v) is 9.26. The zero-order valence-electron chi connectivity index (χ0n) is 15.5. The third kappa shape index (κ3) is 4.58. The van der Waals surface area contributed by atoms with Gasteiger partial charge in [-0.2, -0.15) is 4.99 Å². The minimum Gasteiger partial charge on any atom is -0.468 e. The molecule has 0 aliphatic rings. The summed E-state index contributed by atoms with van der Waals surface area (Å²) < 4.78 is 30.1. The number of aromatic nitrogens is 1. The Morgan fingerprint density at radius 2 is 1.97 bits per heavy atom. The number of methoxy groups -OCH3 is 1. The van der Waals surface area contributed by atoms with Gasteiger partial charge in [-0.3, -0.25) is 9.59 Å². The zero-order valence-corrected chi connectivity index (χ0v) is 17.9. The molecule has 0 aliphatic heterocycles. The van der Waals surface area contributed by atoms with E-state index in [2.05, 4.69) is 4.99 Å². The highest BCUT2D eigenvalue weighted by Crippen LogP contribution is 2.23. The zero-order chi connectivity index (χ0) is 21.2. The molecular weight excluding hydrogens is 434 g/mol. The molecule has 8 nitrogen and oxygen atoms in total. The number of nitrogens with zero attached hydrogens (tertiary/aromatic N) is 2. The van der Waals surface area contributed by atoms with Gasteiger partial charge >= 0.3 is 5.97 Å². The van der Waals surface area contributed by atoms with Crippen molar-refractivity contribution in [3.8, 4) is 0 Å². The molecule has 0 spiro atoms. The van der Waals surface area contributed by atoms with Crippen LogP contribution in [0.15, 0.2) is 57.2 Å². The Morgan fingerprint density at radius 1 is 1.24 bits per heavy atom. The summed E-state index contributed by atoms with van der Waals surface area (Å²) in [7, 11) is -2.64. The maximum atomic E-state index is 12.8. The van der Waals surface area contributed by atoms with Crippen molar-refractivity contribution in [3.05, 3.63) is 52.8 Å². The highest BCUT2D eigenvalue weighted by Gasteiger charge is 2.16. The Kier molecular flexibility index (Phi) is 6.22. The molecule has 0 fully saturated rings. The Morgan fingerprint density at radius 3 is 2.62 bits per heavy atom. The largest absolute Gasteiger partial charge is 0.468 e. The number of amides is 1. The van der Waals surface area contributed by atoms with Crippen molar-refractivity contribution >= 4 is 55.2 Å². The van der Waals surface area contributed by atoms with Gasteiger partial charge in [0.15, 0.2) is 4.80 Å². The summed E-state index contributed by atoms with van der Waals surface area (Å²) in [5.74, 6) is -0.995. The second kappa shape index (κ2) is 8.49. The molecule has 2 N–H and O–H groups in total. The summed E-state index contributed by atoms with van der Waals surface area (Å²) in [5, 5.41) is 5.20. The summed E-state index contributed by atoms with van der Waals surface area (Å²) in [4.78, 5) is 29.8. The van der Waals surface area contributed by atoms with Gasteiger partial charge in [0.25, 0.3) is 5.91 Å². The van der Waals surface area contributed by atoms with Crippen molar-refractivity contribution < 1.29 is 22.7 Å². The monoisotopic (exact) mass is 451 g/mol. The van der Waals surface area contributed by atoms with Crippen LogP contribution in [0.2, 0.25) is 0 Å². The van der Waals surface area contributed by atoms with Crippen LogP contribution in [0.25, 0.3) is 10.2 Å². The van der Waals surface area contributed by atoms with Crippen LogP contribution >= 0.6 is 23.1 Å². The van der Waals surface area contributed by atoms with Gasteiger partial charge < -0.3 is 9.30 Å². The van der Waals surface area contributed by atoms with E-state index in [4.69, 9.17) is 9.88 Å². The van der Waals surface area contributed by atoms with Gasteiger partial charge in [-0.1, -0.05) is 23.5 Å². The molecule has 11 heteroatoms. The Hall–Kier alpha value is -2.47. The number of sulfonamides is 1. The van der Waals surface area contributed by atoms with Gasteiger partial charge in [0.2, 0.25) is 10.0 Å². The van der Waals surface area contributed by atoms with Crippen LogP contribution in [0.1, 0.15) is 10.4 Å². The van der Waals surface area contributed by atoms with E-state index in [0.717, 1.165) is 16.2 Å². The molecule has 0 saturated heterocycles. The fourth-order valence-corrected chi connectivity index (χ4v) is 4.90. The number of ether oxygens (including phenoxy) is 1. The van der Waals surface area contributed by atoms with Gasteiger partial charge in [0.1, 0.15) is 6.54 Å². The number of carbonyl (C=O) groups is 2. The number of fused-ring (bicyclic) bond motifs is 1. The molecule has 0 atom stereocenters. The van der Waals surface area contributed by atoms with E-state index in [0.29, 0.717) is 15.8 Å². The van der Waals surface area contributed by atoms with E-state index < -0.39 is 21.9 Å². The van der Waals surface area contributed by atoms with Gasteiger partial charge in [0, 0.05) is 4.90 Å². The fraction of sp³-hybridized carbons (Fsp3) is 0.167. The summed E-state index contributed by atoms with van der Waals surface area (Å²) >= 11 is 2.51. The molecule has 0 aliphatic carbocycles. The molecule has 152 valence electrons. The van der Waals surface area contributed by atoms with Crippen molar-refractivity contribution in [1.29, 1.82) is 0 Å². The van der Waals surface area contributed by atoms with Gasteiger partial charge in [-0.15, -0.1) is 11.8 Å². The SMILES string of the molecule is COC(=O)Cn1c(=NC(=O)c2ccccc2SC)sc2cc(S(N)(=O)=O)ccc21. The van der Waals surface area contributed by atoms with Crippen molar-refractivity contribution in [2.75, 3.05) is 13.4 Å². The maximum Gasteiger partial charge on any atom is 0.325 e. The van der Waals surface area contributed by atoms with Crippen LogP contribution in [0.5, 0.6) is 0 Å². The van der Waals surface area contributed by atoms with Crippen LogP contribution in [-0.2, 0) is 26.1 Å². The molecule has 0 bridgehead atoms. The lowest BCUT2D eigenvalue weighted by atomic mass is 10.2. The third-order valence-corrected chi connectivity index (χ3v) is 6.78. The van der Waals surface area contributed by atoms with Crippen LogP contribution in [-0.4, -0.2) is 38.2 Å². The Balaban J connectivity index is 2.21. The van der Waals surface area contributed by atoms with E-state index in [1.165, 1.54) is 41.6 Å². The lowest BCUT2D eigenvalue weighted by Crippen LogP contribution is -2.22. The number of rotatable bonds is 5. The smallest absolute Gasteiger partial charge is 0.325 e. The average molecular weight is 452 g/mol. The van der Waals surface area contributed by atoms with Crippen molar-refractivity contribution in [1.82, 2.24) is 4.57 Å². The standard InChI is InChI=1S/C18H17N3O5S3/c1-26-16(22)10-21-13-8-7-11(29(19,24)25)9-15(13)28-18(21)20-17(23)12-5-3-4-6-14(12)27-2/h3-9H,10H2,1-2H3,(H2,19,24,25). The van der Waals surface area contributed by atoms with Crippen LogP contribution in [0.3, 0.4) is 0 Å². The number of nitrogens with two attached hydrogens (primary N) is 1. The number of hydrogen-bond donors (Lipinski definition) is 1. The Labute approximate surface area is 175 Å². The van der Waals surface area contributed by atoms with Gasteiger partial charge in [-0.05, 0) is 36.6 Å². The first-order valence-corrected chi connectivity index (χ1v) is 11.8. The van der Waals surface area contributed by atoms with E-state index in [9.17, 15) is 18.0 Å². The lowest BCUT2D eigenvalue weighted by molar-refractivity contribution is -0.141. The topological polar surface area (TPSA) is 121 Å². The number of esters is 1. The number of primary sulfonamides is 1. The maximum absolute atomic E-state index is 12.8. The van der Waals surface area contributed by atoms with Crippen molar-refractivity contribution in [2.45, 2.75) is 16.3 Å². The molecule has 2 aromatic carbocycles. The molecule has 29 heavy (non-hydrogen) atoms. The van der Waals surface area contributed by atoms with Gasteiger partial charge in [0.05, 0.1) is 27.8 Å². The van der Waals surface area contributed by atoms with Crippen molar-refractivity contribution in [2.24, 2.45) is 10.1 Å². The highest BCUT2D eigenvalue weighted by atomic mass is 32.2. The molecule has 1 aromatic heterocycles. The fourth-order valence-electron chi connectivity index (χ4n) is 2.63. The quantitative estimate of drug-likeness (QED) is 0.468. The average Bonchev–Trinajstić information content (AvgIpc) is 3.03. The highest BCUT2D eigenvalue weighted by molar-refractivity contribution is 7.98. The number of carbonyl (C=O) groups excluding carboxylic acids is 2. The van der Waals surface area contributed by atoms with Crippen LogP contribution in [0.4, 0.5) is 0 Å². The minimum absolute atomic E-state index is 0.0675. The number of thiazole rings is 1. The Bertz CT molecular complexity index is 1280. The minimum atomic E-state index is -3.90. The summed E-state index contributed by atoms with van der Waals surface area (Å²) in [6.45, 7) is -0.179. The predicted molar refractivity (Wildman–Crippen MR) is 111 cm³/mol. The lowest BCUT2D eigenvalue weighted by Gasteiger charge is -2.05. The predicted octanol–water partition coefficient (Wildman–Crippen LogP) is 1.99. The molecule has 3 rings (SSSR count). The summed E-state index contributed by atoms with van der Waals surface area (Å²) in [6.07, 6.45) is 1.86. The third-order valence-electron chi connectivity index (χ3n) is 4.03. The van der Waals surface area contributed by atoms with E-state index in [1.807, 2.05) is 18.4 Å². The first kappa shape index (κ1) is 21.2. The number of benzene rings is 2. The van der Waals surface area contributed by atoms with Crippen LogP contribution in [0, 0.1) is 0 Å². The normalized spacial score (nSPS) is 12.3. The first-order chi connectivity index (χ1) is 13.7. The summed E-state index contributed by atoms with van der Waals surface area (Å²) in [5.41, 5.74) is 0.977. The molecule has 3 aromatic rings. The molecule has 0 saturated carbocycles. The van der Waals surface area contributed by atoms with Gasteiger partial charge in [-0.25, -0.2) is 13.6 Å². The molecule has 1 amide bonds. The van der Waals surface area contributed by atoms with E-state index in [1.54, 1.807) is 12.1 Å². The number of hydrogen-bond acceptors (Lipinski definition) is 7.